The molecule has 2 rings (SSSR count). The van der Waals surface area contributed by atoms with E-state index < -0.39 is 0 Å². The van der Waals surface area contributed by atoms with Crippen LogP contribution in [0.3, 0.4) is 0 Å². The number of nitrogens with one attached hydrogen (secondary N) is 1. The largest absolute Gasteiger partial charge is 0.350 e. The molecule has 0 aliphatic rings. The van der Waals surface area contributed by atoms with E-state index in [1.807, 2.05) is 24.3 Å². The van der Waals surface area contributed by atoms with Crippen LogP contribution in [0.15, 0.2) is 24.3 Å². The molecule has 2 aromatic rings. The highest BCUT2D eigenvalue weighted by Crippen LogP contribution is 2.25. The summed E-state index contributed by atoms with van der Waals surface area (Å²) < 4.78 is 1.53. The van der Waals surface area contributed by atoms with Crippen molar-refractivity contribution >= 4 is 63.5 Å². The van der Waals surface area contributed by atoms with Gasteiger partial charge in [0.2, 0.25) is 5.91 Å². The van der Waals surface area contributed by atoms with Gasteiger partial charge in [-0.15, -0.1) is 34.4 Å². The van der Waals surface area contributed by atoms with Crippen molar-refractivity contribution in [3.05, 3.63) is 42.7 Å². The van der Waals surface area contributed by atoms with E-state index in [1.165, 1.54) is 16.2 Å². The Bertz CT molecular complexity index is 553. The third-order valence-corrected chi connectivity index (χ3v) is 5.82. The van der Waals surface area contributed by atoms with Gasteiger partial charge in [-0.25, -0.2) is 0 Å². The monoisotopic (exact) mass is 351 g/mol. The van der Waals surface area contributed by atoms with Crippen LogP contribution in [0, 0.1) is 0 Å². The highest BCUT2D eigenvalue weighted by atomic mass is 35.5. The van der Waals surface area contributed by atoms with Crippen LogP contribution in [0.5, 0.6) is 0 Å². The van der Waals surface area contributed by atoms with Gasteiger partial charge in [0.15, 0.2) is 0 Å². The highest BCUT2D eigenvalue weighted by molar-refractivity contribution is 7.99. The normalized spacial score (nSPS) is 10.6. The summed E-state index contributed by atoms with van der Waals surface area (Å²) in [6.07, 6.45) is 0. The van der Waals surface area contributed by atoms with Crippen LogP contribution in [0.25, 0.3) is 0 Å². The zero-order valence-electron chi connectivity index (χ0n) is 9.82. The molecule has 2 nitrogen and oxygen atoms in total. The Morgan fingerprint density at radius 2 is 1.74 bits per heavy atom. The summed E-state index contributed by atoms with van der Waals surface area (Å²) in [6.45, 7) is 0.543. The Morgan fingerprint density at radius 3 is 2.32 bits per heavy atom. The number of carbonyl (C=O) groups excluding carboxylic acids is 1. The van der Waals surface area contributed by atoms with Crippen LogP contribution in [0.1, 0.15) is 9.75 Å². The minimum absolute atomic E-state index is 0.0391. The second-order valence-corrected chi connectivity index (χ2v) is 8.27. The van der Waals surface area contributed by atoms with Gasteiger partial charge < -0.3 is 5.32 Å². The predicted molar refractivity (Wildman–Crippen MR) is 86.7 cm³/mol. The molecule has 0 atom stereocenters. The van der Waals surface area contributed by atoms with Gasteiger partial charge >= 0.3 is 0 Å². The lowest BCUT2D eigenvalue weighted by atomic mass is 10.4. The fourth-order valence-electron chi connectivity index (χ4n) is 1.36. The van der Waals surface area contributed by atoms with Crippen molar-refractivity contribution in [1.82, 2.24) is 5.32 Å². The SMILES string of the molecule is O=C(CSCc1ccc(Cl)s1)NCc1ccc(Cl)s1. The zero-order valence-corrected chi connectivity index (χ0v) is 13.8. The van der Waals surface area contributed by atoms with Crippen LogP contribution in [0.4, 0.5) is 0 Å². The molecule has 7 heteroatoms. The maximum atomic E-state index is 11.6. The van der Waals surface area contributed by atoms with Gasteiger partial charge in [0.25, 0.3) is 0 Å². The number of rotatable bonds is 6. The van der Waals surface area contributed by atoms with Crippen molar-refractivity contribution in [1.29, 1.82) is 0 Å². The van der Waals surface area contributed by atoms with E-state index in [0.717, 1.165) is 19.3 Å². The number of thioether (sulfide) groups is 1. The lowest BCUT2D eigenvalue weighted by Crippen LogP contribution is -2.24. The van der Waals surface area contributed by atoms with E-state index in [4.69, 9.17) is 23.2 Å². The maximum absolute atomic E-state index is 11.6. The highest BCUT2D eigenvalue weighted by Gasteiger charge is 2.04. The number of amides is 1. The van der Waals surface area contributed by atoms with Crippen LogP contribution < -0.4 is 5.32 Å². The molecule has 2 aromatic heterocycles. The lowest BCUT2D eigenvalue weighted by molar-refractivity contribution is -0.118. The Labute approximate surface area is 134 Å². The van der Waals surface area contributed by atoms with Crippen molar-refractivity contribution in [2.75, 3.05) is 5.75 Å². The molecule has 19 heavy (non-hydrogen) atoms. The second-order valence-electron chi connectivity index (χ2n) is 3.68. The fourth-order valence-corrected chi connectivity index (χ4v) is 4.44. The van der Waals surface area contributed by atoms with E-state index in [0.29, 0.717) is 12.3 Å². The topological polar surface area (TPSA) is 29.1 Å². The van der Waals surface area contributed by atoms with E-state index in [1.54, 1.807) is 23.1 Å². The molecule has 0 spiro atoms. The lowest BCUT2D eigenvalue weighted by Gasteiger charge is -2.02. The molecule has 0 saturated heterocycles. The quantitative estimate of drug-likeness (QED) is 0.819. The standard InChI is InChI=1S/C12H11Cl2NOS3/c13-10-3-1-8(18-10)5-15-12(16)7-17-6-9-2-4-11(14)19-9/h1-4H,5-7H2,(H,15,16). The summed E-state index contributed by atoms with van der Waals surface area (Å²) in [4.78, 5) is 13.9. The molecule has 0 aromatic carbocycles. The summed E-state index contributed by atoms with van der Waals surface area (Å²) in [5, 5.41) is 2.87. The number of hydrogen-bond donors (Lipinski definition) is 1. The smallest absolute Gasteiger partial charge is 0.230 e. The molecule has 0 aliphatic heterocycles. The summed E-state index contributed by atoms with van der Waals surface area (Å²) in [5.41, 5.74) is 0. The van der Waals surface area contributed by atoms with E-state index >= 15 is 0 Å². The number of carbonyl (C=O) groups is 1. The minimum atomic E-state index is 0.0391. The van der Waals surface area contributed by atoms with Crippen molar-refractivity contribution in [2.24, 2.45) is 0 Å². The number of hydrogen-bond acceptors (Lipinski definition) is 4. The molecule has 1 amide bonds. The molecular weight excluding hydrogens is 341 g/mol. The van der Waals surface area contributed by atoms with Crippen molar-refractivity contribution < 1.29 is 4.79 Å². The first-order valence-corrected chi connectivity index (χ1v) is 9.01. The first kappa shape index (κ1) is 15.2. The maximum Gasteiger partial charge on any atom is 0.230 e. The van der Waals surface area contributed by atoms with Gasteiger partial charge in [-0.3, -0.25) is 4.79 Å². The van der Waals surface area contributed by atoms with Gasteiger partial charge in [0, 0.05) is 15.5 Å². The van der Waals surface area contributed by atoms with Crippen molar-refractivity contribution in [2.45, 2.75) is 12.3 Å². The fraction of sp³-hybridized carbons (Fsp3) is 0.250. The molecule has 0 radical (unpaired) electrons. The van der Waals surface area contributed by atoms with E-state index in [2.05, 4.69) is 5.32 Å². The minimum Gasteiger partial charge on any atom is -0.350 e. The van der Waals surface area contributed by atoms with Crippen molar-refractivity contribution in [3.8, 4) is 0 Å². The first-order chi connectivity index (χ1) is 9.13. The molecule has 0 aliphatic carbocycles. The molecule has 2 heterocycles. The average molecular weight is 352 g/mol. The van der Waals surface area contributed by atoms with Gasteiger partial charge in [-0.2, -0.15) is 0 Å². The predicted octanol–water partition coefficient (Wildman–Crippen LogP) is 4.67. The molecule has 0 fully saturated rings. The Kier molecular flexibility index (Phi) is 6.04. The van der Waals surface area contributed by atoms with Gasteiger partial charge in [-0.05, 0) is 24.3 Å². The summed E-state index contributed by atoms with van der Waals surface area (Å²) in [7, 11) is 0. The van der Waals surface area contributed by atoms with Crippen LogP contribution in [0.2, 0.25) is 8.67 Å². The van der Waals surface area contributed by atoms with Gasteiger partial charge in [-0.1, -0.05) is 23.2 Å². The zero-order chi connectivity index (χ0) is 13.7. The molecule has 0 saturated carbocycles. The Hall–Kier alpha value is -0.200. The summed E-state index contributed by atoms with van der Waals surface area (Å²) >= 11 is 16.3. The molecule has 102 valence electrons. The molecule has 1 N–H and O–H groups in total. The van der Waals surface area contributed by atoms with Crippen molar-refractivity contribution in [3.63, 3.8) is 0 Å². The Morgan fingerprint density at radius 1 is 1.11 bits per heavy atom. The molecular formula is C12H11Cl2NOS3. The van der Waals surface area contributed by atoms with Crippen LogP contribution in [-0.2, 0) is 17.1 Å². The van der Waals surface area contributed by atoms with E-state index in [-0.39, 0.29) is 5.91 Å². The van der Waals surface area contributed by atoms with E-state index in [9.17, 15) is 4.79 Å². The number of halogens is 2. The average Bonchev–Trinajstić information content (AvgIpc) is 2.96. The first-order valence-electron chi connectivity index (χ1n) is 5.46. The van der Waals surface area contributed by atoms with Crippen LogP contribution >= 0.6 is 57.6 Å². The number of thiophene rings is 2. The van der Waals surface area contributed by atoms with Gasteiger partial charge in [0.1, 0.15) is 0 Å². The van der Waals surface area contributed by atoms with Gasteiger partial charge in [0.05, 0.1) is 21.0 Å². The third kappa shape index (κ3) is 5.36. The molecule has 0 unspecified atom stereocenters. The summed E-state index contributed by atoms with van der Waals surface area (Å²) in [5.74, 6) is 1.31. The Balaban J connectivity index is 1.64. The third-order valence-electron chi connectivity index (χ3n) is 2.19. The summed E-state index contributed by atoms with van der Waals surface area (Å²) in [6, 6.07) is 7.63. The molecule has 0 bridgehead atoms. The second kappa shape index (κ2) is 7.55. The van der Waals surface area contributed by atoms with Crippen LogP contribution in [-0.4, -0.2) is 11.7 Å².